The number of carbonyl (C=O) groups is 2. The number of carbonyl (C=O) groups excluding carboxylic acids is 1. The molecule has 7 nitrogen and oxygen atoms in total. The molecule has 2 heterocycles. The average molecular weight is 315 g/mol. The highest BCUT2D eigenvalue weighted by Crippen LogP contribution is 2.23. The quantitative estimate of drug-likeness (QED) is 0.894. The Labute approximate surface area is 126 Å². The van der Waals surface area contributed by atoms with E-state index in [2.05, 4.69) is 4.98 Å². The molecule has 0 aliphatic carbocycles. The topological polar surface area (TPSA) is 89.0 Å². The van der Waals surface area contributed by atoms with E-state index in [9.17, 15) is 9.59 Å². The second-order valence-electron chi connectivity index (χ2n) is 4.37. The number of rotatable bonds is 4. The number of amides is 1. The van der Waals surface area contributed by atoms with Crippen LogP contribution in [-0.2, 0) is 9.53 Å². The zero-order valence-electron chi connectivity index (χ0n) is 11.4. The molecule has 0 spiro atoms. The van der Waals surface area contributed by atoms with Crippen molar-refractivity contribution in [3.05, 3.63) is 22.8 Å². The fourth-order valence-electron chi connectivity index (χ4n) is 2.00. The molecule has 21 heavy (non-hydrogen) atoms. The summed E-state index contributed by atoms with van der Waals surface area (Å²) >= 11 is 5.99. The summed E-state index contributed by atoms with van der Waals surface area (Å²) in [6.07, 6.45) is 1.33. The van der Waals surface area contributed by atoms with Crippen LogP contribution in [0.3, 0.4) is 0 Å². The molecule has 8 heteroatoms. The van der Waals surface area contributed by atoms with E-state index >= 15 is 0 Å². The summed E-state index contributed by atoms with van der Waals surface area (Å²) in [5.41, 5.74) is 0.219. The van der Waals surface area contributed by atoms with E-state index < -0.39 is 17.9 Å². The number of hydrogen-bond acceptors (Lipinski definition) is 5. The molecule has 0 aromatic carbocycles. The molecule has 1 amide bonds. The minimum atomic E-state index is -1.10. The van der Waals surface area contributed by atoms with Gasteiger partial charge in [-0.15, -0.1) is 0 Å². The Balaban J connectivity index is 2.22. The van der Waals surface area contributed by atoms with Crippen molar-refractivity contribution in [1.29, 1.82) is 0 Å². The summed E-state index contributed by atoms with van der Waals surface area (Å²) in [5.74, 6) is -1.30. The Morgan fingerprint density at radius 2 is 2.38 bits per heavy atom. The molecule has 1 unspecified atom stereocenters. The first kappa shape index (κ1) is 15.5. The number of ether oxygens (including phenoxy) is 2. The average Bonchev–Trinajstić information content (AvgIpc) is 2.48. The lowest BCUT2D eigenvalue weighted by Crippen LogP contribution is -2.52. The lowest BCUT2D eigenvalue weighted by atomic mass is 10.1. The van der Waals surface area contributed by atoms with Gasteiger partial charge in [0.25, 0.3) is 5.91 Å². The standard InChI is InChI=1S/C13H15ClN2O5/c1-2-21-11-9(14)5-8(6-15-11)12(17)16-3-4-20-7-10(16)13(18)19/h5-6,10H,2-4,7H2,1H3,(H,18,19). The first-order valence-corrected chi connectivity index (χ1v) is 6.82. The molecule has 1 saturated heterocycles. The van der Waals surface area contributed by atoms with Gasteiger partial charge < -0.3 is 19.5 Å². The van der Waals surface area contributed by atoms with Crippen molar-refractivity contribution in [1.82, 2.24) is 9.88 Å². The fourth-order valence-corrected chi connectivity index (χ4v) is 2.22. The number of hydrogen-bond donors (Lipinski definition) is 1. The first-order chi connectivity index (χ1) is 10.0. The van der Waals surface area contributed by atoms with Crippen molar-refractivity contribution >= 4 is 23.5 Å². The Bertz CT molecular complexity index is 551. The van der Waals surface area contributed by atoms with Crippen LogP contribution in [0.5, 0.6) is 5.88 Å². The van der Waals surface area contributed by atoms with E-state index in [1.165, 1.54) is 17.2 Å². The van der Waals surface area contributed by atoms with Gasteiger partial charge in [-0.2, -0.15) is 0 Å². The van der Waals surface area contributed by atoms with E-state index in [1.807, 2.05) is 0 Å². The monoisotopic (exact) mass is 314 g/mol. The van der Waals surface area contributed by atoms with E-state index in [1.54, 1.807) is 6.92 Å². The Hall–Kier alpha value is -1.86. The molecular weight excluding hydrogens is 300 g/mol. The van der Waals surface area contributed by atoms with Gasteiger partial charge in [-0.05, 0) is 13.0 Å². The summed E-state index contributed by atoms with van der Waals surface area (Å²) in [6.45, 7) is 2.68. The van der Waals surface area contributed by atoms with E-state index in [0.29, 0.717) is 13.2 Å². The van der Waals surface area contributed by atoms with Crippen molar-refractivity contribution < 1.29 is 24.2 Å². The zero-order valence-corrected chi connectivity index (χ0v) is 12.2. The number of aromatic nitrogens is 1. The lowest BCUT2D eigenvalue weighted by molar-refractivity contribution is -0.147. The molecule has 0 saturated carbocycles. The largest absolute Gasteiger partial charge is 0.480 e. The molecule has 1 atom stereocenters. The highest BCUT2D eigenvalue weighted by atomic mass is 35.5. The summed E-state index contributed by atoms with van der Waals surface area (Å²) in [7, 11) is 0. The lowest BCUT2D eigenvalue weighted by Gasteiger charge is -2.32. The second-order valence-corrected chi connectivity index (χ2v) is 4.78. The highest BCUT2D eigenvalue weighted by molar-refractivity contribution is 6.32. The number of halogens is 1. The number of nitrogens with zero attached hydrogens (tertiary/aromatic N) is 2. The van der Waals surface area contributed by atoms with Crippen molar-refractivity contribution in [2.75, 3.05) is 26.4 Å². The van der Waals surface area contributed by atoms with Crippen molar-refractivity contribution in [2.24, 2.45) is 0 Å². The molecule has 1 fully saturated rings. The zero-order chi connectivity index (χ0) is 15.4. The third-order valence-electron chi connectivity index (χ3n) is 3.01. The Morgan fingerprint density at radius 3 is 3.00 bits per heavy atom. The first-order valence-electron chi connectivity index (χ1n) is 6.44. The van der Waals surface area contributed by atoms with E-state index in [4.69, 9.17) is 26.2 Å². The van der Waals surface area contributed by atoms with Crippen LogP contribution in [0.1, 0.15) is 17.3 Å². The van der Waals surface area contributed by atoms with Gasteiger partial charge in [0, 0.05) is 12.7 Å². The molecular formula is C13H15ClN2O5. The maximum absolute atomic E-state index is 12.4. The van der Waals surface area contributed by atoms with Crippen LogP contribution >= 0.6 is 11.6 Å². The van der Waals surface area contributed by atoms with Crippen LogP contribution < -0.4 is 4.74 Å². The minimum Gasteiger partial charge on any atom is -0.480 e. The maximum atomic E-state index is 12.4. The molecule has 1 aromatic heterocycles. The molecule has 1 aromatic rings. The predicted octanol–water partition coefficient (Wildman–Crippen LogP) is 1.06. The molecule has 2 rings (SSSR count). The maximum Gasteiger partial charge on any atom is 0.328 e. The SMILES string of the molecule is CCOc1ncc(C(=O)N2CCOCC2C(=O)O)cc1Cl. The molecule has 1 N–H and O–H groups in total. The smallest absolute Gasteiger partial charge is 0.328 e. The van der Waals surface area contributed by atoms with Crippen LogP contribution in [-0.4, -0.2) is 59.3 Å². The normalized spacial score (nSPS) is 18.4. The minimum absolute atomic E-state index is 0.0285. The third kappa shape index (κ3) is 3.43. The van der Waals surface area contributed by atoms with Crippen LogP contribution in [0.2, 0.25) is 5.02 Å². The van der Waals surface area contributed by atoms with Gasteiger partial charge in [0.1, 0.15) is 5.02 Å². The fraction of sp³-hybridized carbons (Fsp3) is 0.462. The predicted molar refractivity (Wildman–Crippen MR) is 73.7 cm³/mol. The third-order valence-corrected chi connectivity index (χ3v) is 3.28. The van der Waals surface area contributed by atoms with Gasteiger partial charge in [0.05, 0.1) is 25.4 Å². The van der Waals surface area contributed by atoms with Crippen molar-refractivity contribution in [3.8, 4) is 5.88 Å². The summed E-state index contributed by atoms with van der Waals surface area (Å²) in [6, 6.07) is 0.424. The highest BCUT2D eigenvalue weighted by Gasteiger charge is 2.33. The number of aliphatic carboxylic acids is 1. The molecule has 1 aliphatic heterocycles. The molecule has 1 aliphatic rings. The van der Waals surface area contributed by atoms with Crippen LogP contribution in [0.15, 0.2) is 12.3 Å². The number of carboxylic acid groups (broad SMARTS) is 1. The van der Waals surface area contributed by atoms with Gasteiger partial charge in [0.2, 0.25) is 5.88 Å². The van der Waals surface area contributed by atoms with Gasteiger partial charge in [0.15, 0.2) is 6.04 Å². The Morgan fingerprint density at radius 1 is 1.62 bits per heavy atom. The molecule has 114 valence electrons. The van der Waals surface area contributed by atoms with E-state index in [0.717, 1.165) is 0 Å². The van der Waals surface area contributed by atoms with Gasteiger partial charge in [-0.3, -0.25) is 4.79 Å². The van der Waals surface area contributed by atoms with E-state index in [-0.39, 0.29) is 29.6 Å². The van der Waals surface area contributed by atoms with Crippen LogP contribution in [0, 0.1) is 0 Å². The van der Waals surface area contributed by atoms with Gasteiger partial charge in [-0.1, -0.05) is 11.6 Å². The van der Waals surface area contributed by atoms with Crippen molar-refractivity contribution in [2.45, 2.75) is 13.0 Å². The number of pyridine rings is 1. The van der Waals surface area contributed by atoms with Crippen molar-refractivity contribution in [3.63, 3.8) is 0 Å². The van der Waals surface area contributed by atoms with Gasteiger partial charge in [-0.25, -0.2) is 9.78 Å². The summed E-state index contributed by atoms with van der Waals surface area (Å²) < 4.78 is 10.3. The summed E-state index contributed by atoms with van der Waals surface area (Å²) in [4.78, 5) is 28.8. The van der Waals surface area contributed by atoms with Gasteiger partial charge >= 0.3 is 5.97 Å². The number of morpholine rings is 1. The van der Waals surface area contributed by atoms with Crippen LogP contribution in [0.25, 0.3) is 0 Å². The van der Waals surface area contributed by atoms with Crippen LogP contribution in [0.4, 0.5) is 0 Å². The molecule has 0 radical (unpaired) electrons. The summed E-state index contributed by atoms with van der Waals surface area (Å²) in [5, 5.41) is 9.35. The number of carboxylic acids is 1. The molecule has 0 bridgehead atoms. The second kappa shape index (κ2) is 6.73. The Kier molecular flexibility index (Phi) is 4.98.